The molecule has 0 amide bonds. The normalized spacial score (nSPS) is 20.6. The second kappa shape index (κ2) is 4.47. The van der Waals surface area contributed by atoms with Gasteiger partial charge in [0.15, 0.2) is 0 Å². The van der Waals surface area contributed by atoms with E-state index < -0.39 is 24.3 Å². The zero-order chi connectivity index (χ0) is 14.4. The van der Waals surface area contributed by atoms with Crippen LogP contribution < -0.4 is 5.46 Å². The molecule has 2 heterocycles. The molecule has 102 valence electrons. The third-order valence-corrected chi connectivity index (χ3v) is 3.81. The average molecular weight is 284 g/mol. The molecule has 1 fully saturated rings. The Morgan fingerprint density at radius 2 is 1.79 bits per heavy atom. The summed E-state index contributed by atoms with van der Waals surface area (Å²) < 4.78 is 11.6. The van der Waals surface area contributed by atoms with Gasteiger partial charge < -0.3 is 14.4 Å². The standard InChI is InChI=1S/C12H15BClNO4/c1-11(2)12(3,4)19-13(18-11)7-5-6-8(14)15-9(7)10(16)17/h5-6H,1-4H3,(H,16,17). The number of pyridine rings is 1. The van der Waals surface area contributed by atoms with Crippen LogP contribution in [0.2, 0.25) is 5.15 Å². The van der Waals surface area contributed by atoms with E-state index in [1.165, 1.54) is 6.07 Å². The first kappa shape index (κ1) is 14.3. The summed E-state index contributed by atoms with van der Waals surface area (Å²) in [4.78, 5) is 15.0. The van der Waals surface area contributed by atoms with Crippen LogP contribution in [0.5, 0.6) is 0 Å². The first-order chi connectivity index (χ1) is 8.64. The van der Waals surface area contributed by atoms with E-state index in [1.807, 2.05) is 27.7 Å². The molecule has 1 aliphatic rings. The molecule has 1 aromatic heterocycles. The smallest absolute Gasteiger partial charge is 0.477 e. The van der Waals surface area contributed by atoms with Crippen molar-refractivity contribution in [2.75, 3.05) is 0 Å². The monoisotopic (exact) mass is 283 g/mol. The lowest BCUT2D eigenvalue weighted by Crippen LogP contribution is -2.41. The number of hydrogen-bond donors (Lipinski definition) is 1. The Labute approximate surface area is 117 Å². The van der Waals surface area contributed by atoms with Gasteiger partial charge >= 0.3 is 13.1 Å². The Kier molecular flexibility index (Phi) is 3.37. The number of aromatic carboxylic acids is 1. The number of hydrogen-bond acceptors (Lipinski definition) is 4. The van der Waals surface area contributed by atoms with Crippen LogP contribution in [0.3, 0.4) is 0 Å². The fraction of sp³-hybridized carbons (Fsp3) is 0.500. The molecule has 0 aromatic carbocycles. The predicted molar refractivity (Wildman–Crippen MR) is 71.9 cm³/mol. The van der Waals surface area contributed by atoms with Crippen LogP contribution in [0.15, 0.2) is 12.1 Å². The molecule has 1 saturated heterocycles. The SMILES string of the molecule is CC1(C)OB(c2ccc(Cl)nc2C(=O)O)OC1(C)C. The molecule has 0 radical (unpaired) electrons. The number of halogens is 1. The predicted octanol–water partition coefficient (Wildman–Crippen LogP) is 1.73. The van der Waals surface area contributed by atoms with Crippen molar-refractivity contribution >= 4 is 30.2 Å². The number of rotatable bonds is 2. The summed E-state index contributed by atoms with van der Waals surface area (Å²) in [5, 5.41) is 9.30. The van der Waals surface area contributed by atoms with Crippen molar-refractivity contribution in [3.05, 3.63) is 23.0 Å². The molecule has 1 N–H and O–H groups in total. The first-order valence-electron chi connectivity index (χ1n) is 5.89. The molecule has 0 atom stereocenters. The summed E-state index contributed by atoms with van der Waals surface area (Å²) >= 11 is 5.72. The quantitative estimate of drug-likeness (QED) is 0.661. The fourth-order valence-corrected chi connectivity index (χ4v) is 1.93. The summed E-state index contributed by atoms with van der Waals surface area (Å²) in [7, 11) is -0.763. The van der Waals surface area contributed by atoms with Crippen molar-refractivity contribution in [2.45, 2.75) is 38.9 Å². The molecule has 0 unspecified atom stereocenters. The van der Waals surface area contributed by atoms with Gasteiger partial charge in [0.1, 0.15) is 10.8 Å². The molecule has 0 aliphatic carbocycles. The molecule has 0 bridgehead atoms. The third-order valence-electron chi connectivity index (χ3n) is 3.60. The minimum Gasteiger partial charge on any atom is -0.477 e. The molecular weight excluding hydrogens is 268 g/mol. The molecular formula is C12H15BClNO4. The maximum Gasteiger partial charge on any atom is 0.497 e. The first-order valence-corrected chi connectivity index (χ1v) is 6.27. The van der Waals surface area contributed by atoms with E-state index in [2.05, 4.69) is 4.98 Å². The zero-order valence-corrected chi connectivity index (χ0v) is 12.0. The minimum atomic E-state index is -1.16. The Morgan fingerprint density at radius 1 is 1.26 bits per heavy atom. The van der Waals surface area contributed by atoms with Gasteiger partial charge in [-0.3, -0.25) is 0 Å². The number of aromatic nitrogens is 1. The fourth-order valence-electron chi connectivity index (χ4n) is 1.78. The van der Waals surface area contributed by atoms with Crippen molar-refractivity contribution < 1.29 is 19.2 Å². The summed E-state index contributed by atoms with van der Waals surface area (Å²) in [6, 6.07) is 3.09. The topological polar surface area (TPSA) is 68.7 Å². The lowest BCUT2D eigenvalue weighted by Gasteiger charge is -2.32. The van der Waals surface area contributed by atoms with E-state index in [1.54, 1.807) is 6.07 Å². The highest BCUT2D eigenvalue weighted by atomic mass is 35.5. The lowest BCUT2D eigenvalue weighted by atomic mass is 9.78. The van der Waals surface area contributed by atoms with Crippen molar-refractivity contribution in [1.29, 1.82) is 0 Å². The van der Waals surface area contributed by atoms with E-state index in [4.69, 9.17) is 20.9 Å². The highest BCUT2D eigenvalue weighted by molar-refractivity contribution is 6.63. The summed E-state index contributed by atoms with van der Waals surface area (Å²) in [5.41, 5.74) is -0.846. The van der Waals surface area contributed by atoms with Gasteiger partial charge in [-0.1, -0.05) is 17.7 Å². The second-order valence-corrected chi connectivity index (χ2v) is 5.85. The lowest BCUT2D eigenvalue weighted by molar-refractivity contribution is 0.00578. The number of carboxylic acid groups (broad SMARTS) is 1. The second-order valence-electron chi connectivity index (χ2n) is 5.47. The molecule has 0 spiro atoms. The van der Waals surface area contributed by atoms with Crippen LogP contribution in [-0.4, -0.2) is 34.4 Å². The zero-order valence-electron chi connectivity index (χ0n) is 11.2. The van der Waals surface area contributed by atoms with Gasteiger partial charge in [0.05, 0.1) is 11.2 Å². The Hall–Kier alpha value is -1.11. The molecule has 0 saturated carbocycles. The Bertz CT molecular complexity index is 516. The summed E-state index contributed by atoms with van der Waals surface area (Å²) in [6.45, 7) is 7.60. The number of carbonyl (C=O) groups is 1. The average Bonchev–Trinajstić information content (AvgIpc) is 2.47. The van der Waals surface area contributed by atoms with Crippen LogP contribution in [0.4, 0.5) is 0 Å². The van der Waals surface area contributed by atoms with Crippen LogP contribution in [0.1, 0.15) is 38.2 Å². The van der Waals surface area contributed by atoms with E-state index in [0.717, 1.165) is 0 Å². The van der Waals surface area contributed by atoms with Gasteiger partial charge in [0.2, 0.25) is 0 Å². The van der Waals surface area contributed by atoms with Gasteiger partial charge in [-0.25, -0.2) is 9.78 Å². The van der Waals surface area contributed by atoms with Crippen molar-refractivity contribution in [3.63, 3.8) is 0 Å². The van der Waals surface area contributed by atoms with Gasteiger partial charge in [-0.2, -0.15) is 0 Å². The van der Waals surface area contributed by atoms with Gasteiger partial charge in [-0.15, -0.1) is 0 Å². The molecule has 1 aliphatic heterocycles. The molecule has 19 heavy (non-hydrogen) atoms. The van der Waals surface area contributed by atoms with Crippen molar-refractivity contribution in [1.82, 2.24) is 4.98 Å². The van der Waals surface area contributed by atoms with Gasteiger partial charge in [-0.05, 0) is 33.8 Å². The Balaban J connectivity index is 2.42. The highest BCUT2D eigenvalue weighted by Crippen LogP contribution is 2.36. The minimum absolute atomic E-state index is 0.123. The van der Waals surface area contributed by atoms with Crippen LogP contribution in [0, 0.1) is 0 Å². The van der Waals surface area contributed by atoms with E-state index in [9.17, 15) is 9.90 Å². The largest absolute Gasteiger partial charge is 0.497 e. The summed E-state index contributed by atoms with van der Waals surface area (Å²) in [5.74, 6) is -1.16. The van der Waals surface area contributed by atoms with Crippen molar-refractivity contribution in [3.8, 4) is 0 Å². The molecule has 7 heteroatoms. The van der Waals surface area contributed by atoms with Crippen LogP contribution >= 0.6 is 11.6 Å². The van der Waals surface area contributed by atoms with Gasteiger partial charge in [0.25, 0.3) is 0 Å². The highest BCUT2D eigenvalue weighted by Gasteiger charge is 2.52. The maximum atomic E-state index is 11.2. The molecule has 2 rings (SSSR count). The van der Waals surface area contributed by atoms with Crippen LogP contribution in [0.25, 0.3) is 0 Å². The van der Waals surface area contributed by atoms with Crippen LogP contribution in [-0.2, 0) is 9.31 Å². The molecule has 5 nitrogen and oxygen atoms in total. The summed E-state index contributed by atoms with van der Waals surface area (Å²) in [6.07, 6.45) is 0. The van der Waals surface area contributed by atoms with E-state index >= 15 is 0 Å². The van der Waals surface area contributed by atoms with E-state index in [0.29, 0.717) is 5.46 Å². The van der Waals surface area contributed by atoms with E-state index in [-0.39, 0.29) is 10.8 Å². The number of carboxylic acids is 1. The van der Waals surface area contributed by atoms with Gasteiger partial charge in [0, 0.05) is 5.46 Å². The number of nitrogens with zero attached hydrogens (tertiary/aromatic N) is 1. The third kappa shape index (κ3) is 2.48. The molecule has 1 aromatic rings. The van der Waals surface area contributed by atoms with Crippen molar-refractivity contribution in [2.24, 2.45) is 0 Å². The Morgan fingerprint density at radius 3 is 2.26 bits per heavy atom. The maximum absolute atomic E-state index is 11.2.